The van der Waals surface area contributed by atoms with E-state index in [4.69, 9.17) is 0 Å². The SMILES string of the molecule is CNC[C@@H](O)[C@H](c1ccccc1OC(F)(F)F)n1ccc2ccccc21.S. The third kappa shape index (κ3) is 4.77. The normalized spacial score (nSPS) is 13.8. The molecule has 27 heavy (non-hydrogen) atoms. The molecule has 1 aromatic heterocycles. The van der Waals surface area contributed by atoms with Crippen LogP contribution >= 0.6 is 13.5 Å². The van der Waals surface area contributed by atoms with Gasteiger partial charge in [-0.15, -0.1) is 13.2 Å². The lowest BCUT2D eigenvalue weighted by Crippen LogP contribution is -2.34. The van der Waals surface area contributed by atoms with Gasteiger partial charge in [0.25, 0.3) is 0 Å². The number of aromatic nitrogens is 1. The quantitative estimate of drug-likeness (QED) is 0.664. The van der Waals surface area contributed by atoms with Crippen molar-refractivity contribution in [1.29, 1.82) is 0 Å². The monoisotopic (exact) mass is 398 g/mol. The molecule has 146 valence electrons. The van der Waals surface area contributed by atoms with Crippen molar-refractivity contribution in [2.75, 3.05) is 13.6 Å². The van der Waals surface area contributed by atoms with Gasteiger partial charge in [-0.3, -0.25) is 0 Å². The Balaban J connectivity index is 0.00000261. The van der Waals surface area contributed by atoms with E-state index in [1.54, 1.807) is 29.9 Å². The van der Waals surface area contributed by atoms with Crippen molar-refractivity contribution < 1.29 is 23.0 Å². The average molecular weight is 398 g/mol. The van der Waals surface area contributed by atoms with Crippen molar-refractivity contribution in [1.82, 2.24) is 9.88 Å². The van der Waals surface area contributed by atoms with Crippen LogP contribution in [0.5, 0.6) is 5.75 Å². The highest BCUT2D eigenvalue weighted by Crippen LogP contribution is 2.35. The van der Waals surface area contributed by atoms with Gasteiger partial charge in [-0.05, 0) is 30.6 Å². The molecule has 0 fully saturated rings. The molecular formula is C19H21F3N2O2S. The van der Waals surface area contributed by atoms with E-state index in [0.29, 0.717) is 0 Å². The highest BCUT2D eigenvalue weighted by Gasteiger charge is 2.34. The zero-order valence-corrected chi connectivity index (χ0v) is 15.6. The van der Waals surface area contributed by atoms with Gasteiger partial charge in [-0.1, -0.05) is 36.4 Å². The number of rotatable bonds is 6. The van der Waals surface area contributed by atoms with Crippen LogP contribution in [0.3, 0.4) is 0 Å². The summed E-state index contributed by atoms with van der Waals surface area (Å²) in [6.07, 6.45) is -4.01. The van der Waals surface area contributed by atoms with Crippen LogP contribution in [0.2, 0.25) is 0 Å². The van der Waals surface area contributed by atoms with Crippen LogP contribution in [0, 0.1) is 0 Å². The number of benzene rings is 2. The minimum Gasteiger partial charge on any atom is -0.405 e. The maximum Gasteiger partial charge on any atom is 0.573 e. The fraction of sp³-hybridized carbons (Fsp3) is 0.263. The summed E-state index contributed by atoms with van der Waals surface area (Å²) in [5.74, 6) is -0.321. The molecule has 0 bridgehead atoms. The highest BCUT2D eigenvalue weighted by molar-refractivity contribution is 7.59. The predicted molar refractivity (Wildman–Crippen MR) is 104 cm³/mol. The summed E-state index contributed by atoms with van der Waals surface area (Å²) in [6.45, 7) is 0.206. The summed E-state index contributed by atoms with van der Waals surface area (Å²) in [7, 11) is 1.67. The van der Waals surface area contributed by atoms with E-state index in [1.807, 2.05) is 30.3 Å². The first-order valence-corrected chi connectivity index (χ1v) is 8.13. The van der Waals surface area contributed by atoms with Crippen LogP contribution in [0.15, 0.2) is 60.8 Å². The smallest absolute Gasteiger partial charge is 0.405 e. The number of likely N-dealkylation sites (N-methyl/N-ethyl adjacent to an activating group) is 1. The molecule has 0 amide bonds. The van der Waals surface area contributed by atoms with Crippen LogP contribution in [0.25, 0.3) is 10.9 Å². The van der Waals surface area contributed by atoms with E-state index in [1.165, 1.54) is 12.1 Å². The topological polar surface area (TPSA) is 46.4 Å². The molecule has 0 radical (unpaired) electrons. The van der Waals surface area contributed by atoms with E-state index in [0.717, 1.165) is 10.9 Å². The Kier molecular flexibility index (Phi) is 6.80. The summed E-state index contributed by atoms with van der Waals surface area (Å²) in [5, 5.41) is 14.5. The lowest BCUT2D eigenvalue weighted by atomic mass is 9.99. The van der Waals surface area contributed by atoms with Gasteiger partial charge < -0.3 is 19.7 Å². The van der Waals surface area contributed by atoms with Gasteiger partial charge >= 0.3 is 6.36 Å². The molecule has 0 spiro atoms. The highest BCUT2D eigenvalue weighted by atomic mass is 32.1. The van der Waals surface area contributed by atoms with Crippen LogP contribution in [-0.2, 0) is 0 Å². The van der Waals surface area contributed by atoms with E-state index in [9.17, 15) is 18.3 Å². The van der Waals surface area contributed by atoms with Crippen LogP contribution in [-0.4, -0.2) is 35.7 Å². The molecule has 1 heterocycles. The molecule has 0 aliphatic heterocycles. The molecule has 0 saturated heterocycles. The minimum absolute atomic E-state index is 0. The first-order valence-electron chi connectivity index (χ1n) is 8.13. The summed E-state index contributed by atoms with van der Waals surface area (Å²) in [5.41, 5.74) is 1.07. The average Bonchev–Trinajstić information content (AvgIpc) is 3.00. The number of nitrogens with zero attached hydrogens (tertiary/aromatic N) is 1. The van der Waals surface area contributed by atoms with Crippen LogP contribution in [0.1, 0.15) is 11.6 Å². The summed E-state index contributed by atoms with van der Waals surface area (Å²) < 4.78 is 44.5. The Morgan fingerprint density at radius 1 is 1.07 bits per heavy atom. The maximum atomic E-state index is 12.8. The fourth-order valence-electron chi connectivity index (χ4n) is 3.15. The first kappa shape index (κ1) is 21.1. The van der Waals surface area contributed by atoms with E-state index in [-0.39, 0.29) is 31.4 Å². The van der Waals surface area contributed by atoms with Crippen molar-refractivity contribution in [3.63, 3.8) is 0 Å². The second-order valence-electron chi connectivity index (χ2n) is 5.94. The second-order valence-corrected chi connectivity index (χ2v) is 5.94. The molecule has 4 nitrogen and oxygen atoms in total. The molecule has 2 aromatic carbocycles. The predicted octanol–water partition coefficient (Wildman–Crippen LogP) is 3.82. The van der Waals surface area contributed by atoms with Gasteiger partial charge in [0.1, 0.15) is 5.75 Å². The van der Waals surface area contributed by atoms with E-state index < -0.39 is 18.5 Å². The number of hydrogen-bond acceptors (Lipinski definition) is 3. The third-order valence-corrected chi connectivity index (χ3v) is 4.17. The Labute approximate surface area is 162 Å². The molecule has 0 aliphatic carbocycles. The first-order chi connectivity index (χ1) is 12.4. The molecule has 3 rings (SSSR count). The molecule has 0 unspecified atom stereocenters. The Morgan fingerprint density at radius 3 is 2.44 bits per heavy atom. The van der Waals surface area contributed by atoms with Crippen LogP contribution < -0.4 is 10.1 Å². The van der Waals surface area contributed by atoms with Crippen LogP contribution in [0.4, 0.5) is 13.2 Å². The number of aliphatic hydroxyl groups excluding tert-OH is 1. The molecule has 0 saturated carbocycles. The van der Waals surface area contributed by atoms with E-state index in [2.05, 4.69) is 10.1 Å². The largest absolute Gasteiger partial charge is 0.573 e. The lowest BCUT2D eigenvalue weighted by Gasteiger charge is -2.28. The molecular weight excluding hydrogens is 377 g/mol. The number of nitrogens with one attached hydrogen (secondary N) is 1. The number of aliphatic hydroxyl groups is 1. The zero-order valence-electron chi connectivity index (χ0n) is 14.6. The summed E-state index contributed by atoms with van der Waals surface area (Å²) in [6, 6.07) is 14.5. The minimum atomic E-state index is -4.81. The van der Waals surface area contributed by atoms with Gasteiger partial charge in [0.2, 0.25) is 0 Å². The molecule has 3 aromatic rings. The van der Waals surface area contributed by atoms with Gasteiger partial charge in [-0.25, -0.2) is 0 Å². The maximum absolute atomic E-state index is 12.8. The van der Waals surface area contributed by atoms with E-state index >= 15 is 0 Å². The summed E-state index contributed by atoms with van der Waals surface area (Å²) in [4.78, 5) is 0. The Hall–Kier alpha value is -2.16. The standard InChI is InChI=1S/C19H19F3N2O2.H2S/c1-23-12-16(25)18(24-11-10-13-6-2-4-8-15(13)24)14-7-3-5-9-17(14)26-19(20,21)22;/h2-11,16,18,23,25H,12H2,1H3;1H2/t16-,18+;/m1./s1. The number of fused-ring (bicyclic) bond motifs is 1. The van der Waals surface area contributed by atoms with Crippen molar-refractivity contribution in [2.45, 2.75) is 18.5 Å². The fourth-order valence-corrected chi connectivity index (χ4v) is 3.15. The molecule has 8 heteroatoms. The number of halogens is 3. The zero-order chi connectivity index (χ0) is 18.7. The van der Waals surface area contributed by atoms with Crippen molar-refractivity contribution in [3.05, 3.63) is 66.4 Å². The Morgan fingerprint density at radius 2 is 1.74 bits per heavy atom. The van der Waals surface area contributed by atoms with Crippen molar-refractivity contribution in [2.24, 2.45) is 0 Å². The lowest BCUT2D eigenvalue weighted by molar-refractivity contribution is -0.275. The molecule has 2 N–H and O–H groups in total. The van der Waals surface area contributed by atoms with Gasteiger partial charge in [0, 0.05) is 23.8 Å². The van der Waals surface area contributed by atoms with Crippen molar-refractivity contribution >= 4 is 24.4 Å². The molecule has 0 aliphatic rings. The van der Waals surface area contributed by atoms with Crippen molar-refractivity contribution in [3.8, 4) is 5.75 Å². The van der Waals surface area contributed by atoms with Gasteiger partial charge in [0.15, 0.2) is 0 Å². The summed E-state index contributed by atoms with van der Waals surface area (Å²) >= 11 is 0. The number of para-hydroxylation sites is 2. The molecule has 2 atom stereocenters. The Bertz CT molecular complexity index is 883. The number of ether oxygens (including phenoxy) is 1. The third-order valence-electron chi connectivity index (χ3n) is 4.17. The number of alkyl halides is 3. The number of hydrogen-bond donors (Lipinski definition) is 2. The van der Waals surface area contributed by atoms with Gasteiger partial charge in [-0.2, -0.15) is 13.5 Å². The second kappa shape index (κ2) is 8.69. The van der Waals surface area contributed by atoms with Gasteiger partial charge in [0.05, 0.1) is 12.1 Å².